The van der Waals surface area contributed by atoms with E-state index in [0.29, 0.717) is 6.42 Å². The highest BCUT2D eigenvalue weighted by molar-refractivity contribution is 5.76. The molecule has 1 saturated heterocycles. The Labute approximate surface area is 126 Å². The van der Waals surface area contributed by atoms with Crippen molar-refractivity contribution < 1.29 is 9.53 Å². The van der Waals surface area contributed by atoms with Crippen LogP contribution in [0, 0.1) is 0 Å². The number of hydrogen-bond acceptors (Lipinski definition) is 5. The summed E-state index contributed by atoms with van der Waals surface area (Å²) in [7, 11) is 3.56. The number of rotatable bonds is 6. The maximum absolute atomic E-state index is 12.1. The van der Waals surface area contributed by atoms with Crippen LogP contribution in [0.2, 0.25) is 0 Å². The van der Waals surface area contributed by atoms with Crippen LogP contribution in [0.3, 0.4) is 0 Å². The van der Waals surface area contributed by atoms with Crippen LogP contribution in [0.15, 0.2) is 18.3 Å². The van der Waals surface area contributed by atoms with Crippen LogP contribution in [0.4, 0.5) is 5.82 Å². The molecule has 2 heterocycles. The number of nitrogens with zero attached hydrogens (tertiary/aromatic N) is 3. The van der Waals surface area contributed by atoms with Crippen LogP contribution in [-0.4, -0.2) is 62.7 Å². The topological polar surface area (TPSA) is 57.7 Å². The Morgan fingerprint density at radius 3 is 2.81 bits per heavy atom. The van der Waals surface area contributed by atoms with Gasteiger partial charge in [-0.15, -0.1) is 0 Å². The predicted octanol–water partition coefficient (Wildman–Crippen LogP) is 0.738. The van der Waals surface area contributed by atoms with E-state index >= 15 is 0 Å². The summed E-state index contributed by atoms with van der Waals surface area (Å²) in [6.07, 6.45) is 3.27. The van der Waals surface area contributed by atoms with Gasteiger partial charge in [-0.1, -0.05) is 0 Å². The number of amides is 1. The maximum atomic E-state index is 12.1. The van der Waals surface area contributed by atoms with E-state index in [2.05, 4.69) is 15.2 Å². The van der Waals surface area contributed by atoms with E-state index in [-0.39, 0.29) is 5.91 Å². The van der Waals surface area contributed by atoms with Gasteiger partial charge < -0.3 is 19.9 Å². The number of pyridine rings is 1. The number of piperazine rings is 1. The van der Waals surface area contributed by atoms with Crippen molar-refractivity contribution in [1.82, 2.24) is 15.2 Å². The molecule has 6 heteroatoms. The van der Waals surface area contributed by atoms with Gasteiger partial charge in [-0.3, -0.25) is 4.79 Å². The summed E-state index contributed by atoms with van der Waals surface area (Å²) in [5, 5.41) is 3.07. The minimum absolute atomic E-state index is 0.253. The van der Waals surface area contributed by atoms with E-state index in [1.54, 1.807) is 13.3 Å². The molecule has 0 bridgehead atoms. The molecule has 1 fully saturated rings. The summed E-state index contributed by atoms with van der Waals surface area (Å²) in [5.74, 6) is 1.98. The fourth-order valence-electron chi connectivity index (χ4n) is 2.46. The summed E-state index contributed by atoms with van der Waals surface area (Å²) >= 11 is 0. The number of aromatic nitrogens is 1. The van der Waals surface area contributed by atoms with Gasteiger partial charge in [0.2, 0.25) is 5.91 Å². The molecule has 1 aliphatic heterocycles. The average molecular weight is 292 g/mol. The first kappa shape index (κ1) is 15.6. The molecule has 0 unspecified atom stereocenters. The lowest BCUT2D eigenvalue weighted by atomic mass is 10.2. The molecule has 1 aromatic rings. The van der Waals surface area contributed by atoms with Crippen molar-refractivity contribution in [2.75, 3.05) is 51.8 Å². The molecule has 1 amide bonds. The molecular formula is C15H24N4O2. The van der Waals surface area contributed by atoms with Crippen LogP contribution in [-0.2, 0) is 4.79 Å². The number of nitrogens with one attached hydrogen (secondary N) is 1. The first-order valence-corrected chi connectivity index (χ1v) is 7.42. The number of carbonyl (C=O) groups excluding carboxylic acids is 1. The Bertz CT molecular complexity index is 459. The van der Waals surface area contributed by atoms with Gasteiger partial charge in [0.15, 0.2) is 0 Å². The van der Waals surface area contributed by atoms with Gasteiger partial charge in [0.25, 0.3) is 0 Å². The minimum Gasteiger partial charge on any atom is -0.497 e. The third kappa shape index (κ3) is 4.32. The van der Waals surface area contributed by atoms with E-state index in [1.165, 1.54) is 0 Å². The van der Waals surface area contributed by atoms with Crippen LogP contribution in [0.1, 0.15) is 12.8 Å². The van der Waals surface area contributed by atoms with Crippen molar-refractivity contribution in [2.24, 2.45) is 0 Å². The van der Waals surface area contributed by atoms with E-state index < -0.39 is 0 Å². The lowest BCUT2D eigenvalue weighted by molar-refractivity contribution is -0.131. The van der Waals surface area contributed by atoms with Gasteiger partial charge in [0, 0.05) is 44.9 Å². The van der Waals surface area contributed by atoms with Crippen LogP contribution >= 0.6 is 0 Å². The minimum atomic E-state index is 0.253. The Morgan fingerprint density at radius 1 is 1.38 bits per heavy atom. The summed E-state index contributed by atoms with van der Waals surface area (Å²) < 4.78 is 5.22. The number of carbonyl (C=O) groups is 1. The number of methoxy groups -OCH3 is 1. The Morgan fingerprint density at radius 2 is 2.14 bits per heavy atom. The summed E-state index contributed by atoms with van der Waals surface area (Å²) in [4.78, 5) is 20.6. The lowest BCUT2D eigenvalue weighted by Gasteiger charge is -2.35. The highest BCUT2D eigenvalue weighted by atomic mass is 16.5. The highest BCUT2D eigenvalue weighted by Gasteiger charge is 2.21. The molecular weight excluding hydrogens is 268 g/mol. The standard InChI is InChI=1S/C15H24N4O2/c1-16-6-3-4-15(20)19-10-8-18(9-11-19)14-12-13(21-2)5-7-17-14/h5,7,12,16H,3-4,6,8-11H2,1-2H3. The number of anilines is 1. The normalized spacial score (nSPS) is 15.1. The van der Waals surface area contributed by atoms with E-state index in [1.807, 2.05) is 24.1 Å². The second kappa shape index (κ2) is 7.83. The molecule has 0 aliphatic carbocycles. The van der Waals surface area contributed by atoms with Crippen LogP contribution in [0.5, 0.6) is 5.75 Å². The Kier molecular flexibility index (Phi) is 5.80. The molecule has 6 nitrogen and oxygen atoms in total. The molecule has 0 radical (unpaired) electrons. The van der Waals surface area contributed by atoms with E-state index in [4.69, 9.17) is 4.74 Å². The van der Waals surface area contributed by atoms with Crippen molar-refractivity contribution in [3.05, 3.63) is 18.3 Å². The van der Waals surface area contributed by atoms with Gasteiger partial charge in [0.05, 0.1) is 7.11 Å². The molecule has 1 aromatic heterocycles. The number of hydrogen-bond donors (Lipinski definition) is 1. The van der Waals surface area contributed by atoms with Crippen LogP contribution < -0.4 is 15.0 Å². The smallest absolute Gasteiger partial charge is 0.222 e. The third-order valence-electron chi connectivity index (χ3n) is 3.73. The molecule has 1 N–H and O–H groups in total. The molecule has 0 saturated carbocycles. The average Bonchev–Trinajstić information content (AvgIpc) is 2.55. The fraction of sp³-hybridized carbons (Fsp3) is 0.600. The predicted molar refractivity (Wildman–Crippen MR) is 82.7 cm³/mol. The molecule has 0 spiro atoms. The first-order valence-electron chi connectivity index (χ1n) is 7.42. The van der Waals surface area contributed by atoms with Crippen LogP contribution in [0.25, 0.3) is 0 Å². The zero-order valence-corrected chi connectivity index (χ0v) is 12.8. The SMILES string of the molecule is CNCCCC(=O)N1CCN(c2cc(OC)ccn2)CC1. The summed E-state index contributed by atoms with van der Waals surface area (Å²) in [6, 6.07) is 3.77. The van der Waals surface area contributed by atoms with Crippen molar-refractivity contribution in [1.29, 1.82) is 0 Å². The summed E-state index contributed by atoms with van der Waals surface area (Å²) in [5.41, 5.74) is 0. The Hall–Kier alpha value is -1.82. The van der Waals surface area contributed by atoms with Gasteiger partial charge >= 0.3 is 0 Å². The summed E-state index contributed by atoms with van der Waals surface area (Å²) in [6.45, 7) is 4.05. The first-order chi connectivity index (χ1) is 10.2. The second-order valence-corrected chi connectivity index (χ2v) is 5.13. The van der Waals surface area contributed by atoms with E-state index in [9.17, 15) is 4.79 Å². The zero-order valence-electron chi connectivity index (χ0n) is 12.8. The zero-order chi connectivity index (χ0) is 15.1. The van der Waals surface area contributed by atoms with Crippen molar-refractivity contribution in [2.45, 2.75) is 12.8 Å². The van der Waals surface area contributed by atoms with Gasteiger partial charge in [0.1, 0.15) is 11.6 Å². The van der Waals surface area contributed by atoms with Gasteiger partial charge in [-0.05, 0) is 26.1 Å². The lowest BCUT2D eigenvalue weighted by Crippen LogP contribution is -2.49. The second-order valence-electron chi connectivity index (χ2n) is 5.13. The van der Waals surface area contributed by atoms with Gasteiger partial charge in [-0.25, -0.2) is 4.98 Å². The quantitative estimate of drug-likeness (QED) is 0.784. The van der Waals surface area contributed by atoms with Crippen molar-refractivity contribution in [3.8, 4) is 5.75 Å². The van der Waals surface area contributed by atoms with Crippen molar-refractivity contribution >= 4 is 11.7 Å². The molecule has 2 rings (SSSR count). The number of ether oxygens (including phenoxy) is 1. The fourth-order valence-corrected chi connectivity index (χ4v) is 2.46. The molecule has 1 aliphatic rings. The van der Waals surface area contributed by atoms with Gasteiger partial charge in [-0.2, -0.15) is 0 Å². The molecule has 0 atom stereocenters. The molecule has 21 heavy (non-hydrogen) atoms. The maximum Gasteiger partial charge on any atom is 0.222 e. The monoisotopic (exact) mass is 292 g/mol. The molecule has 116 valence electrons. The highest BCUT2D eigenvalue weighted by Crippen LogP contribution is 2.19. The van der Waals surface area contributed by atoms with Crippen molar-refractivity contribution in [3.63, 3.8) is 0 Å². The molecule has 0 aromatic carbocycles. The Balaban J connectivity index is 1.83. The van der Waals surface area contributed by atoms with E-state index in [0.717, 1.165) is 50.7 Å². The third-order valence-corrected chi connectivity index (χ3v) is 3.73. The largest absolute Gasteiger partial charge is 0.497 e.